The Morgan fingerprint density at radius 2 is 1.96 bits per heavy atom. The monoisotopic (exact) mass is 353 g/mol. The van der Waals surface area contributed by atoms with Crippen molar-refractivity contribution in [1.82, 2.24) is 4.57 Å². The molecular formula is C20H23N3O3. The molecule has 1 aromatic carbocycles. The van der Waals surface area contributed by atoms with Crippen LogP contribution in [0.25, 0.3) is 0 Å². The SMILES string of the molecule is Cc1ccn(C(=O)Cc2ccccc2[N+](=O)[O-])c(=NC2CCCCC2)c1. The number of aryl methyl sites for hydroxylation is 1. The summed E-state index contributed by atoms with van der Waals surface area (Å²) >= 11 is 0. The van der Waals surface area contributed by atoms with Crippen LogP contribution >= 0.6 is 0 Å². The molecule has 1 saturated carbocycles. The Labute approximate surface area is 152 Å². The second kappa shape index (κ2) is 8.08. The molecule has 0 aliphatic heterocycles. The molecule has 6 nitrogen and oxygen atoms in total. The molecule has 6 heteroatoms. The van der Waals surface area contributed by atoms with Crippen molar-refractivity contribution in [1.29, 1.82) is 0 Å². The van der Waals surface area contributed by atoms with Gasteiger partial charge in [-0.15, -0.1) is 0 Å². The highest BCUT2D eigenvalue weighted by Gasteiger charge is 2.17. The van der Waals surface area contributed by atoms with Gasteiger partial charge in [-0.05, 0) is 37.5 Å². The minimum atomic E-state index is -0.449. The molecule has 0 spiro atoms. The first-order chi connectivity index (χ1) is 12.5. The molecule has 1 aromatic heterocycles. The quantitative estimate of drug-likeness (QED) is 0.619. The van der Waals surface area contributed by atoms with Crippen LogP contribution in [-0.2, 0) is 6.42 Å². The van der Waals surface area contributed by atoms with Gasteiger partial charge in [-0.1, -0.05) is 37.5 Å². The lowest BCUT2D eigenvalue weighted by molar-refractivity contribution is -0.385. The maximum absolute atomic E-state index is 12.8. The minimum absolute atomic E-state index is 0.0284. The van der Waals surface area contributed by atoms with Crippen molar-refractivity contribution in [3.8, 4) is 0 Å². The fourth-order valence-corrected chi connectivity index (χ4v) is 3.38. The molecule has 0 unspecified atom stereocenters. The number of hydrogen-bond acceptors (Lipinski definition) is 4. The lowest BCUT2D eigenvalue weighted by Crippen LogP contribution is -2.30. The number of nitrogens with zero attached hydrogens (tertiary/aromatic N) is 3. The van der Waals surface area contributed by atoms with Crippen LogP contribution in [0.3, 0.4) is 0 Å². The van der Waals surface area contributed by atoms with E-state index >= 15 is 0 Å². The molecule has 0 amide bonds. The Balaban J connectivity index is 1.93. The summed E-state index contributed by atoms with van der Waals surface area (Å²) in [7, 11) is 0. The van der Waals surface area contributed by atoms with E-state index in [1.165, 1.54) is 29.9 Å². The average Bonchev–Trinajstić information content (AvgIpc) is 2.63. The van der Waals surface area contributed by atoms with Crippen LogP contribution in [-0.4, -0.2) is 21.4 Å². The van der Waals surface area contributed by atoms with Gasteiger partial charge in [0.2, 0.25) is 5.91 Å². The van der Waals surface area contributed by atoms with Crippen LogP contribution in [0.4, 0.5) is 5.69 Å². The molecule has 0 bridgehead atoms. The van der Waals surface area contributed by atoms with Crippen molar-refractivity contribution < 1.29 is 9.72 Å². The Morgan fingerprint density at radius 3 is 2.69 bits per heavy atom. The Kier molecular flexibility index (Phi) is 5.61. The number of rotatable bonds is 4. The molecule has 0 atom stereocenters. The third-order valence-corrected chi connectivity index (χ3v) is 4.78. The van der Waals surface area contributed by atoms with Crippen LogP contribution in [0.15, 0.2) is 47.6 Å². The van der Waals surface area contributed by atoms with Crippen molar-refractivity contribution >= 4 is 11.6 Å². The summed E-state index contributed by atoms with van der Waals surface area (Å²) in [5.74, 6) is -0.214. The van der Waals surface area contributed by atoms with Gasteiger partial charge in [0.1, 0.15) is 5.49 Å². The number of nitro benzene ring substituents is 1. The topological polar surface area (TPSA) is 77.5 Å². The molecule has 2 aromatic rings. The van der Waals surface area contributed by atoms with Crippen molar-refractivity contribution in [2.45, 2.75) is 51.5 Å². The minimum Gasteiger partial charge on any atom is -0.274 e. The first-order valence-electron chi connectivity index (χ1n) is 9.03. The highest BCUT2D eigenvalue weighted by atomic mass is 16.6. The van der Waals surface area contributed by atoms with Crippen molar-refractivity contribution in [3.05, 3.63) is 69.3 Å². The Hall–Kier alpha value is -2.76. The molecule has 1 fully saturated rings. The molecule has 136 valence electrons. The number of aromatic nitrogens is 1. The number of carbonyl (C=O) groups excluding carboxylic acids is 1. The standard InChI is InChI=1S/C20H23N3O3/c1-15-11-12-22(19(13-15)21-17-8-3-2-4-9-17)20(24)14-16-7-5-6-10-18(16)23(25)26/h5-7,10-13,17H,2-4,8-9,14H2,1H3. The van der Waals surface area contributed by atoms with Crippen LogP contribution < -0.4 is 5.49 Å². The molecule has 26 heavy (non-hydrogen) atoms. The molecule has 1 heterocycles. The van der Waals surface area contributed by atoms with E-state index < -0.39 is 4.92 Å². The second-order valence-corrected chi connectivity index (χ2v) is 6.81. The van der Waals surface area contributed by atoms with Gasteiger partial charge in [0, 0.05) is 17.8 Å². The fourth-order valence-electron chi connectivity index (χ4n) is 3.38. The number of benzene rings is 1. The van der Waals surface area contributed by atoms with E-state index in [0.717, 1.165) is 18.4 Å². The summed E-state index contributed by atoms with van der Waals surface area (Å²) in [6.07, 6.45) is 7.37. The molecule has 1 aliphatic rings. The van der Waals surface area contributed by atoms with E-state index in [2.05, 4.69) is 0 Å². The first-order valence-corrected chi connectivity index (χ1v) is 9.03. The van der Waals surface area contributed by atoms with Gasteiger partial charge < -0.3 is 0 Å². The molecule has 0 radical (unpaired) electrons. The lowest BCUT2D eigenvalue weighted by atomic mass is 9.96. The molecule has 1 aliphatic carbocycles. The van der Waals surface area contributed by atoms with Gasteiger partial charge in [0.15, 0.2) is 0 Å². The Morgan fingerprint density at radius 1 is 1.23 bits per heavy atom. The first kappa shape index (κ1) is 18.0. The summed E-state index contributed by atoms with van der Waals surface area (Å²) in [6.45, 7) is 1.97. The zero-order valence-electron chi connectivity index (χ0n) is 14.9. The summed E-state index contributed by atoms with van der Waals surface area (Å²) in [6, 6.07) is 10.4. The fraction of sp³-hybridized carbons (Fsp3) is 0.400. The normalized spacial score (nSPS) is 15.8. The zero-order chi connectivity index (χ0) is 18.5. The van der Waals surface area contributed by atoms with Gasteiger partial charge in [0.05, 0.1) is 17.4 Å². The van der Waals surface area contributed by atoms with E-state index in [4.69, 9.17) is 4.99 Å². The van der Waals surface area contributed by atoms with Gasteiger partial charge in [-0.3, -0.25) is 24.5 Å². The predicted octanol–water partition coefficient (Wildman–Crippen LogP) is 3.82. The molecule has 0 saturated heterocycles. The van der Waals surface area contributed by atoms with E-state index in [1.54, 1.807) is 24.4 Å². The summed E-state index contributed by atoms with van der Waals surface area (Å²) in [4.78, 5) is 28.4. The summed E-state index contributed by atoms with van der Waals surface area (Å²) < 4.78 is 1.53. The van der Waals surface area contributed by atoms with E-state index in [1.807, 2.05) is 19.1 Å². The van der Waals surface area contributed by atoms with Crippen molar-refractivity contribution in [2.24, 2.45) is 4.99 Å². The average molecular weight is 353 g/mol. The zero-order valence-corrected chi connectivity index (χ0v) is 14.9. The number of carbonyl (C=O) groups is 1. The number of nitro groups is 1. The van der Waals surface area contributed by atoms with E-state index in [0.29, 0.717) is 11.1 Å². The van der Waals surface area contributed by atoms with Gasteiger partial charge in [0.25, 0.3) is 5.69 Å². The lowest BCUT2D eigenvalue weighted by Gasteiger charge is -2.18. The van der Waals surface area contributed by atoms with Crippen molar-refractivity contribution in [2.75, 3.05) is 0 Å². The number of hydrogen-bond donors (Lipinski definition) is 0. The van der Waals surface area contributed by atoms with Crippen molar-refractivity contribution in [3.63, 3.8) is 0 Å². The van der Waals surface area contributed by atoms with E-state index in [9.17, 15) is 14.9 Å². The largest absolute Gasteiger partial charge is 0.274 e. The van der Waals surface area contributed by atoms with Gasteiger partial charge in [-0.2, -0.15) is 0 Å². The van der Waals surface area contributed by atoms with Gasteiger partial charge >= 0.3 is 0 Å². The number of pyridine rings is 1. The molecule has 3 rings (SSSR count). The second-order valence-electron chi connectivity index (χ2n) is 6.81. The maximum atomic E-state index is 12.8. The summed E-state index contributed by atoms with van der Waals surface area (Å²) in [5.41, 5.74) is 2.06. The Bertz CT molecular complexity index is 880. The number of para-hydroxylation sites is 1. The highest BCUT2D eigenvalue weighted by Crippen LogP contribution is 2.20. The third-order valence-electron chi connectivity index (χ3n) is 4.78. The third kappa shape index (κ3) is 4.25. The van der Waals surface area contributed by atoms with Gasteiger partial charge in [-0.25, -0.2) is 0 Å². The smallest absolute Gasteiger partial charge is 0.273 e. The highest BCUT2D eigenvalue weighted by molar-refractivity contribution is 5.82. The van der Waals surface area contributed by atoms with Crippen LogP contribution in [0, 0.1) is 17.0 Å². The predicted molar refractivity (Wildman–Crippen MR) is 99.0 cm³/mol. The molecular weight excluding hydrogens is 330 g/mol. The van der Waals surface area contributed by atoms with E-state index in [-0.39, 0.29) is 24.1 Å². The molecule has 0 N–H and O–H groups in total. The summed E-state index contributed by atoms with van der Waals surface area (Å²) in [5, 5.41) is 11.2. The van der Waals surface area contributed by atoms with Crippen LogP contribution in [0.1, 0.15) is 48.0 Å². The maximum Gasteiger partial charge on any atom is 0.273 e. The van der Waals surface area contributed by atoms with Crippen LogP contribution in [0.5, 0.6) is 0 Å². The van der Waals surface area contributed by atoms with Crippen LogP contribution in [0.2, 0.25) is 0 Å².